The van der Waals surface area contributed by atoms with Crippen molar-refractivity contribution in [3.63, 3.8) is 0 Å². The predicted octanol–water partition coefficient (Wildman–Crippen LogP) is 1.87. The van der Waals surface area contributed by atoms with Crippen LogP contribution in [-0.4, -0.2) is 73.4 Å². The Morgan fingerprint density at radius 2 is 1.88 bits per heavy atom. The number of hydrogen-bond acceptors (Lipinski definition) is 7. The van der Waals surface area contributed by atoms with Gasteiger partial charge in [0, 0.05) is 38.4 Å². The largest absolute Gasteiger partial charge is 0.369 e. The fourth-order valence-corrected chi connectivity index (χ4v) is 3.11. The molecule has 1 aromatic carbocycles. The van der Waals surface area contributed by atoms with Gasteiger partial charge in [0.2, 0.25) is 5.95 Å². The summed E-state index contributed by atoms with van der Waals surface area (Å²) in [5.41, 5.74) is 2.59. The van der Waals surface area contributed by atoms with E-state index in [4.69, 9.17) is 0 Å². The van der Waals surface area contributed by atoms with Crippen LogP contribution in [0.25, 0.3) is 0 Å². The molecule has 1 aliphatic heterocycles. The van der Waals surface area contributed by atoms with Crippen molar-refractivity contribution < 1.29 is 0 Å². The molecule has 1 aromatic heterocycles. The first-order valence-electron chi connectivity index (χ1n) is 9.27. The predicted molar refractivity (Wildman–Crippen MR) is 107 cm³/mol. The molecule has 1 fully saturated rings. The minimum absolute atomic E-state index is 0.714. The lowest BCUT2D eigenvalue weighted by atomic mass is 10.2. The molecule has 2 aromatic rings. The van der Waals surface area contributed by atoms with E-state index in [1.807, 2.05) is 0 Å². The van der Waals surface area contributed by atoms with Crippen LogP contribution in [0, 0.1) is 6.92 Å². The van der Waals surface area contributed by atoms with Gasteiger partial charge in [-0.2, -0.15) is 10.1 Å². The smallest absolute Gasteiger partial charge is 0.247 e. The van der Waals surface area contributed by atoms with Crippen molar-refractivity contribution in [2.45, 2.75) is 13.3 Å². The SMILES string of the molecule is Cc1cccc(N2CCN(c3nncc(NCCCN(C)C)n3)CC2)c1. The zero-order valence-electron chi connectivity index (χ0n) is 16.0. The van der Waals surface area contributed by atoms with E-state index in [1.165, 1.54) is 11.3 Å². The molecule has 0 radical (unpaired) electrons. The van der Waals surface area contributed by atoms with Crippen molar-refractivity contribution in [3.05, 3.63) is 36.0 Å². The summed E-state index contributed by atoms with van der Waals surface area (Å²) in [4.78, 5) is 11.4. The van der Waals surface area contributed by atoms with E-state index >= 15 is 0 Å². The van der Waals surface area contributed by atoms with Gasteiger partial charge in [0.15, 0.2) is 5.82 Å². The molecule has 7 heteroatoms. The molecule has 0 atom stereocenters. The second-order valence-corrected chi connectivity index (χ2v) is 7.04. The molecule has 0 saturated carbocycles. The van der Waals surface area contributed by atoms with Crippen LogP contribution < -0.4 is 15.1 Å². The lowest BCUT2D eigenvalue weighted by molar-refractivity contribution is 0.405. The summed E-state index contributed by atoms with van der Waals surface area (Å²) in [6.45, 7) is 7.81. The van der Waals surface area contributed by atoms with E-state index in [2.05, 4.69) is 80.5 Å². The number of benzene rings is 1. The minimum atomic E-state index is 0.714. The zero-order chi connectivity index (χ0) is 18.4. The zero-order valence-corrected chi connectivity index (χ0v) is 16.0. The average Bonchev–Trinajstić information content (AvgIpc) is 2.65. The fourth-order valence-electron chi connectivity index (χ4n) is 3.11. The van der Waals surface area contributed by atoms with Crippen LogP contribution >= 0.6 is 0 Å². The maximum absolute atomic E-state index is 4.63. The lowest BCUT2D eigenvalue weighted by Gasteiger charge is -2.36. The Morgan fingerprint density at radius 3 is 2.62 bits per heavy atom. The Bertz CT molecular complexity index is 696. The molecule has 7 nitrogen and oxygen atoms in total. The molecule has 140 valence electrons. The Balaban J connectivity index is 1.53. The molecule has 3 rings (SSSR count). The highest BCUT2D eigenvalue weighted by molar-refractivity contribution is 5.50. The number of nitrogens with zero attached hydrogens (tertiary/aromatic N) is 6. The number of aryl methyl sites for hydroxylation is 1. The molecular weight excluding hydrogens is 326 g/mol. The van der Waals surface area contributed by atoms with Crippen LogP contribution in [0.4, 0.5) is 17.5 Å². The maximum Gasteiger partial charge on any atom is 0.247 e. The highest BCUT2D eigenvalue weighted by Gasteiger charge is 2.20. The van der Waals surface area contributed by atoms with Gasteiger partial charge < -0.3 is 20.0 Å². The van der Waals surface area contributed by atoms with Crippen molar-refractivity contribution in [1.29, 1.82) is 0 Å². The number of hydrogen-bond donors (Lipinski definition) is 1. The number of nitrogens with one attached hydrogen (secondary N) is 1. The average molecular weight is 355 g/mol. The van der Waals surface area contributed by atoms with Crippen molar-refractivity contribution in [2.75, 3.05) is 68.5 Å². The Morgan fingerprint density at radius 1 is 1.12 bits per heavy atom. The molecular formula is C19H29N7. The van der Waals surface area contributed by atoms with E-state index in [0.717, 1.165) is 51.5 Å². The quantitative estimate of drug-likeness (QED) is 0.761. The summed E-state index contributed by atoms with van der Waals surface area (Å²) in [6.07, 6.45) is 2.77. The van der Waals surface area contributed by atoms with E-state index in [0.29, 0.717) is 5.95 Å². The fraction of sp³-hybridized carbons (Fsp3) is 0.526. The molecule has 0 bridgehead atoms. The monoisotopic (exact) mass is 355 g/mol. The van der Waals surface area contributed by atoms with Crippen molar-refractivity contribution in [2.24, 2.45) is 0 Å². The Hall–Kier alpha value is -2.41. The second-order valence-electron chi connectivity index (χ2n) is 7.04. The summed E-state index contributed by atoms with van der Waals surface area (Å²) in [5, 5.41) is 11.7. The summed E-state index contributed by atoms with van der Waals surface area (Å²) >= 11 is 0. The van der Waals surface area contributed by atoms with Gasteiger partial charge in [-0.05, 0) is 51.7 Å². The first-order valence-corrected chi connectivity index (χ1v) is 9.27. The molecule has 2 heterocycles. The first kappa shape index (κ1) is 18.4. The summed E-state index contributed by atoms with van der Waals surface area (Å²) in [7, 11) is 4.17. The maximum atomic E-state index is 4.63. The number of aromatic nitrogens is 3. The number of anilines is 3. The Labute approximate surface area is 156 Å². The van der Waals surface area contributed by atoms with Crippen LogP contribution in [-0.2, 0) is 0 Å². The summed E-state index contributed by atoms with van der Waals surface area (Å²) in [6, 6.07) is 8.68. The molecule has 0 spiro atoms. The molecule has 0 unspecified atom stereocenters. The molecule has 1 aliphatic rings. The first-order chi connectivity index (χ1) is 12.6. The van der Waals surface area contributed by atoms with Gasteiger partial charge in [0.25, 0.3) is 0 Å². The second kappa shape index (κ2) is 8.80. The summed E-state index contributed by atoms with van der Waals surface area (Å²) in [5.74, 6) is 1.52. The molecule has 1 saturated heterocycles. The Kier molecular flexibility index (Phi) is 6.22. The van der Waals surface area contributed by atoms with E-state index in [9.17, 15) is 0 Å². The topological polar surface area (TPSA) is 60.4 Å². The normalized spacial score (nSPS) is 14.8. The van der Waals surface area contributed by atoms with Gasteiger partial charge >= 0.3 is 0 Å². The highest BCUT2D eigenvalue weighted by atomic mass is 15.4. The molecule has 0 amide bonds. The highest BCUT2D eigenvalue weighted by Crippen LogP contribution is 2.19. The standard InChI is InChI=1S/C19H29N7/c1-16-6-4-7-17(14-16)25-10-12-26(13-11-25)19-22-18(15-21-23-19)20-8-5-9-24(2)3/h4,6-7,14-15H,5,8-13H2,1-3H3,(H,20,22,23). The van der Waals surface area contributed by atoms with Crippen molar-refractivity contribution in [3.8, 4) is 0 Å². The van der Waals surface area contributed by atoms with Crippen LogP contribution in [0.2, 0.25) is 0 Å². The molecule has 0 aliphatic carbocycles. The van der Waals surface area contributed by atoms with Gasteiger partial charge in [0.1, 0.15) is 0 Å². The molecule has 1 N–H and O–H groups in total. The van der Waals surface area contributed by atoms with Crippen LogP contribution in [0.5, 0.6) is 0 Å². The minimum Gasteiger partial charge on any atom is -0.369 e. The summed E-state index contributed by atoms with van der Waals surface area (Å²) < 4.78 is 0. The van der Waals surface area contributed by atoms with Gasteiger partial charge in [-0.15, -0.1) is 5.10 Å². The third-order valence-corrected chi connectivity index (χ3v) is 4.57. The van der Waals surface area contributed by atoms with Gasteiger partial charge in [-0.25, -0.2) is 0 Å². The molecule has 26 heavy (non-hydrogen) atoms. The van der Waals surface area contributed by atoms with Crippen LogP contribution in [0.3, 0.4) is 0 Å². The van der Waals surface area contributed by atoms with Gasteiger partial charge in [0.05, 0.1) is 6.20 Å². The van der Waals surface area contributed by atoms with E-state index < -0.39 is 0 Å². The van der Waals surface area contributed by atoms with Crippen molar-refractivity contribution in [1.82, 2.24) is 20.1 Å². The van der Waals surface area contributed by atoms with Gasteiger partial charge in [-0.1, -0.05) is 12.1 Å². The van der Waals surface area contributed by atoms with E-state index in [1.54, 1.807) is 6.20 Å². The third kappa shape index (κ3) is 5.05. The van der Waals surface area contributed by atoms with Crippen molar-refractivity contribution >= 4 is 17.5 Å². The van der Waals surface area contributed by atoms with Crippen LogP contribution in [0.1, 0.15) is 12.0 Å². The van der Waals surface area contributed by atoms with Gasteiger partial charge in [-0.3, -0.25) is 0 Å². The number of piperazine rings is 1. The third-order valence-electron chi connectivity index (χ3n) is 4.57. The van der Waals surface area contributed by atoms with Crippen LogP contribution in [0.15, 0.2) is 30.5 Å². The lowest BCUT2D eigenvalue weighted by Crippen LogP contribution is -2.47. The number of rotatable bonds is 7. The van der Waals surface area contributed by atoms with E-state index in [-0.39, 0.29) is 0 Å².